The van der Waals surface area contributed by atoms with Crippen molar-refractivity contribution in [2.75, 3.05) is 40.3 Å². The molecule has 0 saturated carbocycles. The fourth-order valence-electron chi connectivity index (χ4n) is 1.75. The molecule has 1 N–H and O–H groups in total. The summed E-state index contributed by atoms with van der Waals surface area (Å²) in [7, 11) is 4.08. The molecule has 0 rings (SSSR count). The first-order valence-corrected chi connectivity index (χ1v) is 6.46. The summed E-state index contributed by atoms with van der Waals surface area (Å²) in [5, 5.41) is 9.29. The Hall–Kier alpha value is -0.610. The summed E-state index contributed by atoms with van der Waals surface area (Å²) in [4.78, 5) is 15.7. The third-order valence-corrected chi connectivity index (χ3v) is 3.27. The van der Waals surface area contributed by atoms with Crippen LogP contribution in [0.3, 0.4) is 0 Å². The lowest BCUT2D eigenvalue weighted by atomic mass is 9.87. The smallest absolute Gasteiger partial charge is 0.310 e. The maximum absolute atomic E-state index is 11.3. The lowest BCUT2D eigenvalue weighted by molar-refractivity contribution is -0.149. The van der Waals surface area contributed by atoms with Crippen LogP contribution in [0, 0.1) is 5.41 Å². The minimum absolute atomic E-state index is 0.624. The fraction of sp³-hybridized carbons (Fsp3) is 0.923. The van der Waals surface area contributed by atoms with E-state index in [1.54, 1.807) is 0 Å². The summed E-state index contributed by atoms with van der Waals surface area (Å²) < 4.78 is 0. The zero-order chi connectivity index (χ0) is 13.5. The normalized spacial score (nSPS) is 15.2. The molecule has 0 radical (unpaired) electrons. The summed E-state index contributed by atoms with van der Waals surface area (Å²) in [5.74, 6) is -0.689. The van der Waals surface area contributed by atoms with Crippen molar-refractivity contribution < 1.29 is 9.90 Å². The molecule has 0 aliphatic carbocycles. The summed E-state index contributed by atoms with van der Waals surface area (Å²) in [6.45, 7) is 9.44. The Morgan fingerprint density at radius 2 is 1.76 bits per heavy atom. The molecular formula is C13H28N2O2. The number of aliphatic carboxylic acids is 1. The predicted octanol–water partition coefficient (Wildman–Crippen LogP) is 1.76. The second-order valence-electron chi connectivity index (χ2n) is 5.30. The first kappa shape index (κ1) is 16.4. The highest BCUT2D eigenvalue weighted by molar-refractivity contribution is 5.74. The maximum Gasteiger partial charge on any atom is 0.310 e. The lowest BCUT2D eigenvalue weighted by Gasteiger charge is -2.32. The minimum Gasteiger partial charge on any atom is -0.481 e. The van der Waals surface area contributed by atoms with Crippen LogP contribution in [0.2, 0.25) is 0 Å². The molecule has 1 unspecified atom stereocenters. The molecule has 0 spiro atoms. The summed E-state index contributed by atoms with van der Waals surface area (Å²) >= 11 is 0. The van der Waals surface area contributed by atoms with Crippen LogP contribution >= 0.6 is 0 Å². The van der Waals surface area contributed by atoms with Crippen molar-refractivity contribution in [2.24, 2.45) is 5.41 Å². The molecule has 0 aromatic rings. The quantitative estimate of drug-likeness (QED) is 0.671. The van der Waals surface area contributed by atoms with Gasteiger partial charge in [-0.2, -0.15) is 0 Å². The van der Waals surface area contributed by atoms with E-state index in [9.17, 15) is 9.90 Å². The van der Waals surface area contributed by atoms with E-state index in [2.05, 4.69) is 16.7 Å². The molecular weight excluding hydrogens is 216 g/mol. The number of likely N-dealkylation sites (N-methyl/N-ethyl adjacent to an activating group) is 1. The van der Waals surface area contributed by atoms with Gasteiger partial charge in [0, 0.05) is 19.6 Å². The molecule has 0 amide bonds. The second-order valence-corrected chi connectivity index (χ2v) is 5.30. The van der Waals surface area contributed by atoms with Crippen molar-refractivity contribution in [1.82, 2.24) is 9.80 Å². The molecule has 0 aromatic heterocycles. The SMILES string of the molecule is CCCN(CCN(C)C)CC(C)(CC)C(=O)O. The second kappa shape index (κ2) is 7.67. The van der Waals surface area contributed by atoms with Gasteiger partial charge in [0.05, 0.1) is 5.41 Å². The van der Waals surface area contributed by atoms with Gasteiger partial charge in [-0.15, -0.1) is 0 Å². The minimum atomic E-state index is -0.689. The van der Waals surface area contributed by atoms with Gasteiger partial charge in [-0.25, -0.2) is 0 Å². The third-order valence-electron chi connectivity index (χ3n) is 3.27. The Kier molecular flexibility index (Phi) is 7.39. The fourth-order valence-corrected chi connectivity index (χ4v) is 1.75. The molecule has 4 heteroatoms. The highest BCUT2D eigenvalue weighted by atomic mass is 16.4. The van der Waals surface area contributed by atoms with Gasteiger partial charge in [-0.1, -0.05) is 13.8 Å². The van der Waals surface area contributed by atoms with E-state index < -0.39 is 11.4 Å². The van der Waals surface area contributed by atoms with Gasteiger partial charge >= 0.3 is 5.97 Å². The van der Waals surface area contributed by atoms with Crippen LogP contribution in [-0.2, 0) is 4.79 Å². The molecule has 0 saturated heterocycles. The van der Waals surface area contributed by atoms with Gasteiger partial charge in [0.2, 0.25) is 0 Å². The van der Waals surface area contributed by atoms with Crippen LogP contribution < -0.4 is 0 Å². The Morgan fingerprint density at radius 3 is 2.12 bits per heavy atom. The van der Waals surface area contributed by atoms with Crippen LogP contribution in [0.15, 0.2) is 0 Å². The molecule has 0 aliphatic heterocycles. The molecule has 0 aliphatic rings. The van der Waals surface area contributed by atoms with E-state index in [1.165, 1.54) is 0 Å². The van der Waals surface area contributed by atoms with Crippen LogP contribution in [0.4, 0.5) is 0 Å². The molecule has 102 valence electrons. The molecule has 1 atom stereocenters. The van der Waals surface area contributed by atoms with Crippen molar-refractivity contribution in [3.8, 4) is 0 Å². The van der Waals surface area contributed by atoms with Crippen LogP contribution in [0.25, 0.3) is 0 Å². The van der Waals surface area contributed by atoms with Crippen LogP contribution in [-0.4, -0.2) is 61.2 Å². The largest absolute Gasteiger partial charge is 0.481 e. The zero-order valence-corrected chi connectivity index (χ0v) is 12.0. The summed E-state index contributed by atoms with van der Waals surface area (Å²) in [6.07, 6.45) is 1.73. The summed E-state index contributed by atoms with van der Waals surface area (Å²) in [5.41, 5.74) is -0.624. The van der Waals surface area contributed by atoms with Gasteiger partial charge in [-0.05, 0) is 40.4 Å². The number of nitrogens with zero attached hydrogens (tertiary/aromatic N) is 2. The zero-order valence-electron chi connectivity index (χ0n) is 12.0. The van der Waals surface area contributed by atoms with Gasteiger partial charge in [-0.3, -0.25) is 4.79 Å². The maximum atomic E-state index is 11.3. The topological polar surface area (TPSA) is 43.8 Å². The summed E-state index contributed by atoms with van der Waals surface area (Å²) in [6, 6.07) is 0. The van der Waals surface area contributed by atoms with E-state index in [4.69, 9.17) is 0 Å². The lowest BCUT2D eigenvalue weighted by Crippen LogP contribution is -2.43. The Balaban J connectivity index is 4.44. The Bertz CT molecular complexity index is 231. The Labute approximate surface area is 106 Å². The molecule has 0 bridgehead atoms. The third kappa shape index (κ3) is 6.03. The van der Waals surface area contributed by atoms with Crippen molar-refractivity contribution in [3.63, 3.8) is 0 Å². The average Bonchev–Trinajstić information content (AvgIpc) is 2.25. The molecule has 0 aromatic carbocycles. The molecule has 0 fully saturated rings. The van der Waals surface area contributed by atoms with Crippen LogP contribution in [0.1, 0.15) is 33.6 Å². The van der Waals surface area contributed by atoms with E-state index in [1.807, 2.05) is 27.9 Å². The van der Waals surface area contributed by atoms with Crippen molar-refractivity contribution in [3.05, 3.63) is 0 Å². The molecule has 0 heterocycles. The van der Waals surface area contributed by atoms with E-state index >= 15 is 0 Å². The highest BCUT2D eigenvalue weighted by Crippen LogP contribution is 2.22. The van der Waals surface area contributed by atoms with Crippen molar-refractivity contribution in [1.29, 1.82) is 0 Å². The van der Waals surface area contributed by atoms with Gasteiger partial charge in [0.15, 0.2) is 0 Å². The number of hydrogen-bond acceptors (Lipinski definition) is 3. The molecule has 4 nitrogen and oxygen atoms in total. The first-order chi connectivity index (χ1) is 7.85. The predicted molar refractivity (Wildman–Crippen MR) is 71.3 cm³/mol. The number of rotatable bonds is 9. The number of carboxylic acids is 1. The number of carboxylic acid groups (broad SMARTS) is 1. The van der Waals surface area contributed by atoms with Crippen LogP contribution in [0.5, 0.6) is 0 Å². The average molecular weight is 244 g/mol. The van der Waals surface area contributed by atoms with E-state index in [-0.39, 0.29) is 0 Å². The highest BCUT2D eigenvalue weighted by Gasteiger charge is 2.32. The monoisotopic (exact) mass is 244 g/mol. The molecule has 17 heavy (non-hydrogen) atoms. The Morgan fingerprint density at radius 1 is 1.18 bits per heavy atom. The van der Waals surface area contributed by atoms with Crippen molar-refractivity contribution >= 4 is 5.97 Å². The number of carbonyl (C=O) groups is 1. The number of hydrogen-bond donors (Lipinski definition) is 1. The van der Waals surface area contributed by atoms with Crippen molar-refractivity contribution in [2.45, 2.75) is 33.6 Å². The van der Waals surface area contributed by atoms with Gasteiger partial charge in [0.1, 0.15) is 0 Å². The van der Waals surface area contributed by atoms with Gasteiger partial charge in [0.25, 0.3) is 0 Å². The van der Waals surface area contributed by atoms with E-state index in [0.717, 1.165) is 26.1 Å². The van der Waals surface area contributed by atoms with E-state index in [0.29, 0.717) is 13.0 Å². The first-order valence-electron chi connectivity index (χ1n) is 6.46. The standard InChI is InChI=1S/C13H28N2O2/c1-6-8-15(10-9-14(4)5)11-13(3,7-2)12(16)17/h6-11H2,1-5H3,(H,16,17). The van der Waals surface area contributed by atoms with Gasteiger partial charge < -0.3 is 14.9 Å².